The summed E-state index contributed by atoms with van der Waals surface area (Å²) in [7, 11) is 0. The van der Waals surface area contributed by atoms with Crippen LogP contribution in [0.25, 0.3) is 0 Å². The van der Waals surface area contributed by atoms with E-state index in [4.69, 9.17) is 65.8 Å². The maximum absolute atomic E-state index is 8.64. The Morgan fingerprint density at radius 3 is 0.700 bits per heavy atom. The van der Waals surface area contributed by atoms with Gasteiger partial charge in [0, 0.05) is 6.47 Å². The van der Waals surface area contributed by atoms with Crippen LogP contribution in [0.4, 0.5) is 0 Å². The largest absolute Gasteiger partial charge is 1.00 e. The third kappa shape index (κ3) is 667. The van der Waals surface area contributed by atoms with Crippen molar-refractivity contribution >= 4 is 12.9 Å². The molecule has 0 aromatic carbocycles. The second-order valence-electron chi connectivity index (χ2n) is 0.940. The van der Waals surface area contributed by atoms with Crippen LogP contribution in [0.15, 0.2) is 0 Å². The Morgan fingerprint density at radius 1 is 0.700 bits per heavy atom. The SMILES string of the molecule is O.O.O=CO.O=C[O-].OCO.OCO.[K+].[K+].[K+].[K+].[K+].[K+].[O-]C(O)O.[O-]CO.[OH-].[OH-].[OH-]. The minimum absolute atomic E-state index is 0. The van der Waals surface area contributed by atoms with Crippen LogP contribution in [0, 0.1) is 0 Å². The van der Waals surface area contributed by atoms with E-state index in [-0.39, 0.29) is 342 Å². The van der Waals surface area contributed by atoms with Crippen molar-refractivity contribution < 1.29 is 401 Å². The summed E-state index contributed by atoms with van der Waals surface area (Å²) in [5, 5.41) is 81.9. The molecule has 0 aromatic heterocycles. The first-order valence-corrected chi connectivity index (χ1v) is 3.59. The number of aliphatic hydroxyl groups excluding tert-OH is 4. The first kappa shape index (κ1) is 118. The monoisotopic (exact) mass is 618 g/mol. The topological polar surface area (TPSA) is 418 Å². The standard InChI is InChI=1S/CH3O3.2CH4O2.CH3O2.2CH2O2.6K.5H2O/c2-1(3)4;5*2-1-3;;;;;;;;;;;/h1-3H;2*2-3H,1H2;2H,1H2;2*1H,(H,2,3);;;;;;;5*1H2/q-1;;;-1;;;6*+1;;;;;/p-4. The molecule has 0 radical (unpaired) electrons. The maximum atomic E-state index is 8.64. The second kappa shape index (κ2) is 186. The van der Waals surface area contributed by atoms with Gasteiger partial charge in [0.2, 0.25) is 0 Å². The fourth-order valence-electron chi connectivity index (χ4n) is 0. The summed E-state index contributed by atoms with van der Waals surface area (Å²) in [5.41, 5.74) is 0. The average molecular weight is 619 g/mol. The minimum Gasteiger partial charge on any atom is -0.870 e. The Kier molecular flexibility index (Phi) is 728. The van der Waals surface area contributed by atoms with E-state index in [1.165, 1.54) is 0 Å². The molecule has 0 fully saturated rings. The summed E-state index contributed by atoms with van der Waals surface area (Å²) < 4.78 is 0. The van der Waals surface area contributed by atoms with Crippen LogP contribution in [0.3, 0.4) is 0 Å². The van der Waals surface area contributed by atoms with Gasteiger partial charge in [-0.3, -0.25) is 4.79 Å². The predicted molar refractivity (Wildman–Crippen MR) is 61.7 cm³/mol. The summed E-state index contributed by atoms with van der Waals surface area (Å²) >= 11 is 0. The third-order valence-electron chi connectivity index (χ3n) is 0. The first-order chi connectivity index (χ1) is 8.80. The third-order valence-corrected chi connectivity index (χ3v) is 0. The van der Waals surface area contributed by atoms with Crippen molar-refractivity contribution in [3.8, 4) is 0 Å². The summed E-state index contributed by atoms with van der Waals surface area (Å²) in [6, 6.07) is 0. The number of rotatable bonds is 0. The Morgan fingerprint density at radius 2 is 0.700 bits per heavy atom. The molecule has 0 heterocycles. The van der Waals surface area contributed by atoms with Gasteiger partial charge >= 0.3 is 308 Å². The molecule has 0 spiro atoms. The number of hydrogen-bond donors (Lipinski definition) is 8. The molecular weight excluding hydrogens is 595 g/mol. The van der Waals surface area contributed by atoms with E-state index in [0.717, 1.165) is 0 Å². The average Bonchev–Trinajstić information content (AvgIpc) is 2.21. The fourth-order valence-corrected chi connectivity index (χ4v) is 0. The van der Waals surface area contributed by atoms with Gasteiger partial charge in [-0.05, 0) is 6.79 Å². The molecular formula is C6H24K6O18. The van der Waals surface area contributed by atoms with Gasteiger partial charge in [-0.15, -0.1) is 0 Å². The van der Waals surface area contributed by atoms with Crippen LogP contribution in [0.2, 0.25) is 0 Å². The molecule has 0 atom stereocenters. The van der Waals surface area contributed by atoms with Crippen molar-refractivity contribution in [3.05, 3.63) is 0 Å². The van der Waals surface area contributed by atoms with Crippen LogP contribution in [-0.4, -0.2) is 108 Å². The molecule has 18 nitrogen and oxygen atoms in total. The van der Waals surface area contributed by atoms with Gasteiger partial charge in [0.05, 0.1) is 6.48 Å². The molecule has 0 aliphatic heterocycles. The molecule has 30 heavy (non-hydrogen) atoms. The molecule has 0 saturated carbocycles. The van der Waals surface area contributed by atoms with E-state index in [0.29, 0.717) is 0 Å². The molecule has 0 amide bonds. The maximum Gasteiger partial charge on any atom is 1.00 e. The van der Waals surface area contributed by atoms with E-state index in [1.807, 2.05) is 0 Å². The van der Waals surface area contributed by atoms with Crippen molar-refractivity contribution in [2.75, 3.05) is 20.4 Å². The second-order valence-corrected chi connectivity index (χ2v) is 0.940. The predicted octanol–water partition coefficient (Wildman–Crippen LogP) is -28.3. The van der Waals surface area contributed by atoms with Crippen molar-refractivity contribution in [3.63, 3.8) is 0 Å². The molecule has 0 bridgehead atoms. The van der Waals surface area contributed by atoms with E-state index in [1.54, 1.807) is 0 Å². The first-order valence-electron chi connectivity index (χ1n) is 3.59. The molecule has 0 saturated heterocycles. The van der Waals surface area contributed by atoms with Gasteiger partial charge in [0.1, 0.15) is 13.6 Å². The molecule has 0 aliphatic carbocycles. The van der Waals surface area contributed by atoms with Crippen LogP contribution in [-0.2, 0) is 9.59 Å². The molecule has 0 aliphatic rings. The number of hydrogen-bond acceptors (Lipinski definition) is 15. The Bertz CT molecular complexity index is 108. The molecule has 15 N–H and O–H groups in total. The summed E-state index contributed by atoms with van der Waals surface area (Å²) in [5.74, 6) is 0. The van der Waals surface area contributed by atoms with E-state index >= 15 is 0 Å². The normalized spacial score (nSPS) is 3.80. The van der Waals surface area contributed by atoms with Crippen LogP contribution >= 0.6 is 0 Å². The Hall–Kier alpha value is 8.20. The van der Waals surface area contributed by atoms with Gasteiger partial charge in [0.15, 0.2) is 0 Å². The quantitative estimate of drug-likeness (QED) is 0.0709. The number of carboxylic acid groups (broad SMARTS) is 2. The fraction of sp³-hybridized carbons (Fsp3) is 0.667. The minimum atomic E-state index is -2.42. The van der Waals surface area contributed by atoms with Gasteiger partial charge in [0.25, 0.3) is 6.47 Å². The van der Waals surface area contributed by atoms with Gasteiger partial charge in [-0.1, -0.05) is 0 Å². The van der Waals surface area contributed by atoms with E-state index in [2.05, 4.69) is 0 Å². The molecule has 0 unspecified atom stereocenters. The zero-order valence-electron chi connectivity index (χ0n) is 17.8. The Balaban J connectivity index is -0.00000000421. The van der Waals surface area contributed by atoms with Crippen LogP contribution < -0.4 is 324 Å². The summed E-state index contributed by atoms with van der Waals surface area (Å²) in [6.07, 6.45) is 0. The summed E-state index contributed by atoms with van der Waals surface area (Å²) in [6.45, 7) is -5.67. The van der Waals surface area contributed by atoms with Gasteiger partial charge in [-0.2, -0.15) is 0 Å². The zero-order valence-corrected chi connectivity index (χ0v) is 36.6. The molecule has 0 aromatic rings. The molecule has 24 heteroatoms. The van der Waals surface area contributed by atoms with E-state index in [9.17, 15) is 0 Å². The smallest absolute Gasteiger partial charge is 0.870 e. The van der Waals surface area contributed by atoms with Crippen LogP contribution in [0.1, 0.15) is 0 Å². The van der Waals surface area contributed by atoms with Crippen molar-refractivity contribution in [1.82, 2.24) is 0 Å². The van der Waals surface area contributed by atoms with Crippen LogP contribution in [0.5, 0.6) is 0 Å². The van der Waals surface area contributed by atoms with Crippen molar-refractivity contribution in [1.29, 1.82) is 0 Å². The number of carbonyl (C=O) groups excluding carboxylic acids is 1. The van der Waals surface area contributed by atoms with Crippen molar-refractivity contribution in [2.45, 2.75) is 6.48 Å². The number of carbonyl (C=O) groups is 2. The van der Waals surface area contributed by atoms with E-state index < -0.39 is 33.3 Å². The zero-order chi connectivity index (χ0) is 17.1. The summed E-state index contributed by atoms with van der Waals surface area (Å²) in [4.78, 5) is 16.6. The number of aliphatic hydroxyl groups is 7. The molecule has 0 rings (SSSR count). The molecule has 162 valence electrons. The van der Waals surface area contributed by atoms with Crippen molar-refractivity contribution in [2.24, 2.45) is 0 Å². The van der Waals surface area contributed by atoms with Gasteiger partial charge in [-0.25, -0.2) is 0 Å². The van der Waals surface area contributed by atoms with Gasteiger partial charge < -0.3 is 88.3 Å². The Labute approximate surface area is 428 Å².